The van der Waals surface area contributed by atoms with E-state index in [1.165, 1.54) is 5.56 Å². The minimum atomic E-state index is -0.638. The van der Waals surface area contributed by atoms with Gasteiger partial charge >= 0.3 is 0 Å². The molecule has 8 heteroatoms. The molecule has 0 saturated carbocycles. The predicted molar refractivity (Wildman–Crippen MR) is 151 cm³/mol. The van der Waals surface area contributed by atoms with Crippen LogP contribution in [0, 0.1) is 20.8 Å². The van der Waals surface area contributed by atoms with E-state index < -0.39 is 11.7 Å². The first-order valence-electron chi connectivity index (χ1n) is 12.4. The van der Waals surface area contributed by atoms with E-state index in [-0.39, 0.29) is 0 Å². The molecule has 1 amide bonds. The van der Waals surface area contributed by atoms with Crippen molar-refractivity contribution < 1.29 is 9.59 Å². The van der Waals surface area contributed by atoms with Crippen LogP contribution in [-0.4, -0.2) is 47.4 Å². The number of pyridine rings is 1. The Morgan fingerprint density at radius 2 is 1.62 bits per heavy atom. The van der Waals surface area contributed by atoms with Crippen molar-refractivity contribution in [2.45, 2.75) is 20.8 Å². The average Bonchev–Trinajstić information content (AvgIpc) is 3.52. The molecule has 0 aliphatic carbocycles. The zero-order valence-electron chi connectivity index (χ0n) is 21.6. The molecular weight excluding hydrogens is 482 g/mol. The summed E-state index contributed by atoms with van der Waals surface area (Å²) in [5, 5.41) is 4.75. The molecule has 4 heterocycles. The number of carbonyl (C=O) groups excluding carboxylic acids is 2. The number of Topliss-reactive ketones (excluding diaryl/α,β-unsaturated/α-hetero) is 1. The second kappa shape index (κ2) is 10.2. The van der Waals surface area contributed by atoms with Gasteiger partial charge in [-0.1, -0.05) is 6.07 Å². The molecule has 0 radical (unpaired) electrons. The van der Waals surface area contributed by atoms with E-state index in [1.807, 2.05) is 68.7 Å². The molecule has 1 N–H and O–H groups in total. The summed E-state index contributed by atoms with van der Waals surface area (Å²) >= 11 is 1.55. The van der Waals surface area contributed by atoms with E-state index in [0.29, 0.717) is 11.4 Å². The second-order valence-electron chi connectivity index (χ2n) is 9.53. The Bertz CT molecular complexity index is 1410. The maximum atomic E-state index is 13.2. The topological polar surface area (TPSA) is 70.5 Å². The molecular formula is C29H31N5O2S. The number of benzene rings is 1. The minimum Gasteiger partial charge on any atom is -0.368 e. The van der Waals surface area contributed by atoms with Crippen LogP contribution in [0.5, 0.6) is 0 Å². The fourth-order valence-corrected chi connectivity index (χ4v) is 5.60. The highest BCUT2D eigenvalue weighted by atomic mass is 32.1. The lowest BCUT2D eigenvalue weighted by molar-refractivity contribution is -0.112. The molecule has 5 rings (SSSR count). The third-order valence-electron chi connectivity index (χ3n) is 6.86. The zero-order valence-corrected chi connectivity index (χ0v) is 22.4. The third kappa shape index (κ3) is 5.15. The molecule has 1 saturated heterocycles. The molecule has 4 aromatic rings. The number of rotatable bonds is 6. The smallest absolute Gasteiger partial charge is 0.298 e. The number of amides is 1. The van der Waals surface area contributed by atoms with Gasteiger partial charge in [-0.2, -0.15) is 0 Å². The molecule has 0 unspecified atom stereocenters. The molecule has 3 aromatic heterocycles. The van der Waals surface area contributed by atoms with Gasteiger partial charge < -0.3 is 19.7 Å². The lowest BCUT2D eigenvalue weighted by Crippen LogP contribution is -2.46. The molecule has 0 atom stereocenters. The Morgan fingerprint density at radius 1 is 0.919 bits per heavy atom. The summed E-state index contributed by atoms with van der Waals surface area (Å²) in [5.74, 6) is -0.143. The highest BCUT2D eigenvalue weighted by Gasteiger charge is 2.26. The monoisotopic (exact) mass is 513 g/mol. The van der Waals surface area contributed by atoms with E-state index in [1.54, 1.807) is 15.9 Å². The van der Waals surface area contributed by atoms with Crippen LogP contribution in [0.1, 0.15) is 27.4 Å². The largest absolute Gasteiger partial charge is 0.368 e. The van der Waals surface area contributed by atoms with Crippen LogP contribution < -0.4 is 15.1 Å². The van der Waals surface area contributed by atoms with Crippen LogP contribution in [0.2, 0.25) is 0 Å². The van der Waals surface area contributed by atoms with Gasteiger partial charge in [0.2, 0.25) is 0 Å². The number of ketones is 1. The number of hydrogen-bond acceptors (Lipinski definition) is 6. The van der Waals surface area contributed by atoms with Crippen LogP contribution in [0.3, 0.4) is 0 Å². The lowest BCUT2D eigenvalue weighted by Gasteiger charge is -2.37. The molecule has 37 heavy (non-hydrogen) atoms. The maximum absolute atomic E-state index is 13.2. The van der Waals surface area contributed by atoms with Crippen molar-refractivity contribution in [2.75, 3.05) is 41.3 Å². The standard InChI is InChI=1S/C29H31N5O2S/c1-19-16-20(2)30-26(17-19)34-13-11-33(12-14-34)23-9-7-22(8-10-23)31-29(36)28(35)27-24(18-21(3)32(27)4)25-6-5-15-37-25/h5-10,15-18H,11-14H2,1-4H3,(H,31,36). The predicted octanol–water partition coefficient (Wildman–Crippen LogP) is 5.22. The number of thiophene rings is 1. The molecule has 1 aliphatic heterocycles. The first-order chi connectivity index (χ1) is 17.8. The van der Waals surface area contributed by atoms with Crippen molar-refractivity contribution in [2.24, 2.45) is 7.05 Å². The fraction of sp³-hybridized carbons (Fsp3) is 0.276. The second-order valence-corrected chi connectivity index (χ2v) is 10.5. The van der Waals surface area contributed by atoms with E-state index >= 15 is 0 Å². The number of anilines is 3. The first kappa shape index (κ1) is 24.8. The lowest BCUT2D eigenvalue weighted by atomic mass is 10.1. The van der Waals surface area contributed by atoms with Gasteiger partial charge in [-0.25, -0.2) is 4.98 Å². The molecule has 1 aliphatic rings. The first-order valence-corrected chi connectivity index (χ1v) is 13.3. The summed E-state index contributed by atoms with van der Waals surface area (Å²) in [5.41, 5.74) is 6.09. The summed E-state index contributed by atoms with van der Waals surface area (Å²) in [6, 6.07) is 17.8. The number of hydrogen-bond donors (Lipinski definition) is 1. The third-order valence-corrected chi connectivity index (χ3v) is 7.76. The van der Waals surface area contributed by atoms with E-state index in [9.17, 15) is 9.59 Å². The van der Waals surface area contributed by atoms with Gasteiger partial charge in [0.15, 0.2) is 0 Å². The molecule has 0 bridgehead atoms. The summed E-state index contributed by atoms with van der Waals surface area (Å²) in [6.07, 6.45) is 0. The van der Waals surface area contributed by atoms with Gasteiger partial charge in [0.25, 0.3) is 11.7 Å². The summed E-state index contributed by atoms with van der Waals surface area (Å²) < 4.78 is 1.79. The van der Waals surface area contributed by atoms with E-state index in [2.05, 4.69) is 34.2 Å². The number of aromatic nitrogens is 2. The molecule has 0 spiro atoms. The molecule has 190 valence electrons. The number of carbonyl (C=O) groups is 2. The Balaban J connectivity index is 1.23. The van der Waals surface area contributed by atoms with E-state index in [0.717, 1.165) is 59.5 Å². The Morgan fingerprint density at radius 3 is 2.27 bits per heavy atom. The number of aryl methyl sites for hydroxylation is 3. The summed E-state index contributed by atoms with van der Waals surface area (Å²) in [4.78, 5) is 36.4. The van der Waals surface area contributed by atoms with Gasteiger partial charge in [0.1, 0.15) is 11.5 Å². The quantitative estimate of drug-likeness (QED) is 0.283. The van der Waals surface area contributed by atoms with Gasteiger partial charge in [0, 0.05) is 66.4 Å². The van der Waals surface area contributed by atoms with Crippen molar-refractivity contribution in [3.8, 4) is 10.4 Å². The van der Waals surface area contributed by atoms with Crippen molar-refractivity contribution in [1.82, 2.24) is 9.55 Å². The number of nitrogens with zero attached hydrogens (tertiary/aromatic N) is 4. The van der Waals surface area contributed by atoms with Crippen LogP contribution in [0.4, 0.5) is 17.2 Å². The highest BCUT2D eigenvalue weighted by molar-refractivity contribution is 7.13. The minimum absolute atomic E-state index is 0.408. The number of piperazine rings is 1. The summed E-state index contributed by atoms with van der Waals surface area (Å²) in [7, 11) is 1.82. The van der Waals surface area contributed by atoms with Crippen molar-refractivity contribution >= 4 is 40.2 Å². The van der Waals surface area contributed by atoms with Crippen molar-refractivity contribution in [3.05, 3.63) is 82.6 Å². The number of nitrogens with one attached hydrogen (secondary N) is 1. The average molecular weight is 514 g/mol. The summed E-state index contributed by atoms with van der Waals surface area (Å²) in [6.45, 7) is 9.63. The molecule has 1 aromatic carbocycles. The van der Waals surface area contributed by atoms with Crippen LogP contribution in [0.25, 0.3) is 10.4 Å². The molecule has 7 nitrogen and oxygen atoms in total. The fourth-order valence-electron chi connectivity index (χ4n) is 4.85. The maximum Gasteiger partial charge on any atom is 0.298 e. The van der Waals surface area contributed by atoms with Crippen LogP contribution in [0.15, 0.2) is 60.0 Å². The Labute approximate surface area is 221 Å². The van der Waals surface area contributed by atoms with Gasteiger partial charge in [-0.3, -0.25) is 9.59 Å². The zero-order chi connectivity index (χ0) is 26.1. The Hall–Kier alpha value is -3.91. The van der Waals surface area contributed by atoms with Crippen LogP contribution in [-0.2, 0) is 11.8 Å². The van der Waals surface area contributed by atoms with E-state index in [4.69, 9.17) is 4.98 Å². The highest BCUT2D eigenvalue weighted by Crippen LogP contribution is 2.31. The van der Waals surface area contributed by atoms with Crippen molar-refractivity contribution in [1.29, 1.82) is 0 Å². The Kier molecular flexibility index (Phi) is 6.84. The van der Waals surface area contributed by atoms with Gasteiger partial charge in [0.05, 0.1) is 0 Å². The van der Waals surface area contributed by atoms with Crippen molar-refractivity contribution in [3.63, 3.8) is 0 Å². The molecule has 1 fully saturated rings. The normalized spacial score (nSPS) is 13.6. The van der Waals surface area contributed by atoms with Gasteiger partial charge in [-0.05, 0) is 80.2 Å². The van der Waals surface area contributed by atoms with Crippen LogP contribution >= 0.6 is 11.3 Å². The SMILES string of the molecule is Cc1cc(C)nc(N2CCN(c3ccc(NC(=O)C(=O)c4c(-c5cccs5)cc(C)n4C)cc3)CC2)c1. The van der Waals surface area contributed by atoms with Gasteiger partial charge in [-0.15, -0.1) is 11.3 Å².